The molecule has 0 amide bonds. The fourth-order valence-electron chi connectivity index (χ4n) is 0.886. The van der Waals surface area contributed by atoms with Crippen molar-refractivity contribution in [1.82, 2.24) is 4.98 Å². The number of aromatic amines is 1. The van der Waals surface area contributed by atoms with Gasteiger partial charge in [0.2, 0.25) is 0 Å². The van der Waals surface area contributed by atoms with Crippen LogP contribution in [0.1, 0.15) is 11.3 Å². The van der Waals surface area contributed by atoms with Crippen LogP contribution in [0.15, 0.2) is 30.0 Å². The number of nitrogens with two attached hydrogens (primary N) is 1. The predicted molar refractivity (Wildman–Crippen MR) is 46.5 cm³/mol. The maximum atomic E-state index is 5.60. The largest absolute Gasteiger partial charge is 0.382 e. The van der Waals surface area contributed by atoms with Crippen molar-refractivity contribution in [1.29, 1.82) is 0 Å². The van der Waals surface area contributed by atoms with Crippen molar-refractivity contribution in [3.05, 3.63) is 36.3 Å². The van der Waals surface area contributed by atoms with Crippen LogP contribution in [-0.2, 0) is 0 Å². The number of aryl methyl sites for hydroxylation is 1. The molecule has 1 rings (SSSR count). The van der Waals surface area contributed by atoms with Gasteiger partial charge < -0.3 is 10.7 Å². The summed E-state index contributed by atoms with van der Waals surface area (Å²) in [4.78, 5) is 6.84. The average Bonchev–Trinajstić information content (AvgIpc) is 2.36. The van der Waals surface area contributed by atoms with Crippen LogP contribution in [0.25, 0.3) is 0 Å². The summed E-state index contributed by atoms with van der Waals surface area (Å²) in [6, 6.07) is 1.95. The van der Waals surface area contributed by atoms with E-state index in [1.54, 1.807) is 0 Å². The van der Waals surface area contributed by atoms with E-state index in [2.05, 4.69) is 16.6 Å². The van der Waals surface area contributed by atoms with E-state index in [1.165, 1.54) is 6.20 Å². The van der Waals surface area contributed by atoms with Gasteiger partial charge in [-0.25, -0.2) is 4.99 Å². The minimum atomic E-state index is 0.475. The quantitative estimate of drug-likeness (QED) is 0.481. The summed E-state index contributed by atoms with van der Waals surface area (Å²) in [5, 5.41) is 0. The van der Waals surface area contributed by atoms with Gasteiger partial charge in [-0.1, -0.05) is 6.58 Å². The number of hydrogen-bond donors (Lipinski definition) is 2. The lowest BCUT2D eigenvalue weighted by Gasteiger charge is -1.95. The summed E-state index contributed by atoms with van der Waals surface area (Å²) in [7, 11) is 0. The van der Waals surface area contributed by atoms with Crippen LogP contribution in [0, 0.1) is 6.92 Å². The molecule has 0 spiro atoms. The summed E-state index contributed by atoms with van der Waals surface area (Å²) >= 11 is 0. The molecule has 3 nitrogen and oxygen atoms in total. The zero-order valence-electron chi connectivity index (χ0n) is 6.46. The lowest BCUT2D eigenvalue weighted by atomic mass is 10.2. The van der Waals surface area contributed by atoms with Gasteiger partial charge in [0.15, 0.2) is 0 Å². The molecule has 0 aliphatic heterocycles. The molecule has 0 saturated carbocycles. The summed E-state index contributed by atoms with van der Waals surface area (Å²) in [6.07, 6.45) is 3.26. The second-order valence-corrected chi connectivity index (χ2v) is 2.23. The molecule has 0 bridgehead atoms. The number of nitrogens with zero attached hydrogens (tertiary/aromatic N) is 1. The smallest absolute Gasteiger partial charge is 0.147 e. The van der Waals surface area contributed by atoms with Crippen molar-refractivity contribution in [2.75, 3.05) is 0 Å². The lowest BCUT2D eigenvalue weighted by Crippen LogP contribution is -2.14. The Morgan fingerprint density at radius 1 is 1.82 bits per heavy atom. The van der Waals surface area contributed by atoms with Crippen molar-refractivity contribution in [3.8, 4) is 0 Å². The first-order chi connectivity index (χ1) is 5.25. The van der Waals surface area contributed by atoms with E-state index in [-0.39, 0.29) is 0 Å². The van der Waals surface area contributed by atoms with Crippen LogP contribution in [0.5, 0.6) is 0 Å². The Hall–Kier alpha value is -1.51. The SMILES string of the molecule is C=CN=C(N)c1[nH]ccc1C. The van der Waals surface area contributed by atoms with Gasteiger partial charge in [-0.3, -0.25) is 0 Å². The van der Waals surface area contributed by atoms with Gasteiger partial charge in [-0.2, -0.15) is 0 Å². The molecule has 0 unspecified atom stereocenters. The van der Waals surface area contributed by atoms with Crippen LogP contribution in [0.2, 0.25) is 0 Å². The third-order valence-electron chi connectivity index (χ3n) is 1.44. The van der Waals surface area contributed by atoms with E-state index < -0.39 is 0 Å². The molecule has 0 fully saturated rings. The molecule has 1 heterocycles. The molecule has 11 heavy (non-hydrogen) atoms. The highest BCUT2D eigenvalue weighted by Crippen LogP contribution is 2.03. The Labute approximate surface area is 65.6 Å². The van der Waals surface area contributed by atoms with Crippen molar-refractivity contribution >= 4 is 5.84 Å². The summed E-state index contributed by atoms with van der Waals surface area (Å²) in [5.41, 5.74) is 7.55. The Kier molecular flexibility index (Phi) is 2.11. The van der Waals surface area contributed by atoms with Gasteiger partial charge in [0.05, 0.1) is 5.69 Å². The summed E-state index contributed by atoms with van der Waals surface area (Å²) < 4.78 is 0. The minimum Gasteiger partial charge on any atom is -0.382 e. The van der Waals surface area contributed by atoms with Crippen LogP contribution < -0.4 is 5.73 Å². The molecule has 3 heteroatoms. The second kappa shape index (κ2) is 3.05. The summed E-state index contributed by atoms with van der Waals surface area (Å²) in [5.74, 6) is 0.475. The highest BCUT2D eigenvalue weighted by molar-refractivity contribution is 5.97. The van der Waals surface area contributed by atoms with Crippen LogP contribution >= 0.6 is 0 Å². The number of H-pyrrole nitrogens is 1. The molecule has 0 aromatic carbocycles. The van der Waals surface area contributed by atoms with Gasteiger partial charge in [0.1, 0.15) is 5.84 Å². The van der Waals surface area contributed by atoms with E-state index >= 15 is 0 Å². The van der Waals surface area contributed by atoms with Crippen molar-refractivity contribution in [2.24, 2.45) is 10.7 Å². The molecule has 0 aliphatic carbocycles. The number of aliphatic imine (C=N–C) groups is 1. The van der Waals surface area contributed by atoms with Gasteiger partial charge >= 0.3 is 0 Å². The number of hydrogen-bond acceptors (Lipinski definition) is 1. The molecule has 0 radical (unpaired) electrons. The molecule has 1 aromatic heterocycles. The van der Waals surface area contributed by atoms with Crippen molar-refractivity contribution in [3.63, 3.8) is 0 Å². The zero-order valence-corrected chi connectivity index (χ0v) is 6.46. The van der Waals surface area contributed by atoms with E-state index in [4.69, 9.17) is 5.73 Å². The molecule has 1 aromatic rings. The highest BCUT2D eigenvalue weighted by Gasteiger charge is 2.00. The molecule has 3 N–H and O–H groups in total. The van der Waals surface area contributed by atoms with Crippen molar-refractivity contribution < 1.29 is 0 Å². The monoisotopic (exact) mass is 149 g/mol. The molecule has 0 saturated heterocycles. The Balaban J connectivity index is 3.01. The highest BCUT2D eigenvalue weighted by atomic mass is 14.9. The van der Waals surface area contributed by atoms with Gasteiger partial charge in [0, 0.05) is 12.4 Å². The first-order valence-electron chi connectivity index (χ1n) is 3.34. The topological polar surface area (TPSA) is 54.2 Å². The maximum absolute atomic E-state index is 5.60. The van der Waals surface area contributed by atoms with E-state index in [1.807, 2.05) is 19.2 Å². The average molecular weight is 149 g/mol. The fourth-order valence-corrected chi connectivity index (χ4v) is 0.886. The first kappa shape index (κ1) is 7.60. The van der Waals surface area contributed by atoms with Crippen LogP contribution in [0.4, 0.5) is 0 Å². The third-order valence-corrected chi connectivity index (χ3v) is 1.44. The summed E-state index contributed by atoms with van der Waals surface area (Å²) in [6.45, 7) is 5.43. The second-order valence-electron chi connectivity index (χ2n) is 2.23. The lowest BCUT2D eigenvalue weighted by molar-refractivity contribution is 1.31. The first-order valence-corrected chi connectivity index (χ1v) is 3.34. The standard InChI is InChI=1S/C8H11N3/c1-3-10-8(9)7-6(2)4-5-11-7/h3-5,11H,1H2,2H3,(H2,9,10). The normalized spacial score (nSPS) is 11.5. The van der Waals surface area contributed by atoms with E-state index in [0.29, 0.717) is 5.84 Å². The molecular weight excluding hydrogens is 138 g/mol. The number of amidine groups is 1. The van der Waals surface area contributed by atoms with Crippen LogP contribution in [-0.4, -0.2) is 10.8 Å². The molecule has 0 atom stereocenters. The Morgan fingerprint density at radius 2 is 2.55 bits per heavy atom. The fraction of sp³-hybridized carbons (Fsp3) is 0.125. The zero-order chi connectivity index (χ0) is 8.27. The minimum absolute atomic E-state index is 0.475. The van der Waals surface area contributed by atoms with Gasteiger partial charge in [-0.05, 0) is 18.6 Å². The number of nitrogens with one attached hydrogen (secondary N) is 1. The molecular formula is C8H11N3. The van der Waals surface area contributed by atoms with Crippen LogP contribution in [0.3, 0.4) is 0 Å². The Bertz CT molecular complexity index is 283. The Morgan fingerprint density at radius 3 is 3.00 bits per heavy atom. The molecule has 58 valence electrons. The number of aromatic nitrogens is 1. The van der Waals surface area contributed by atoms with Crippen molar-refractivity contribution in [2.45, 2.75) is 6.92 Å². The number of rotatable bonds is 2. The van der Waals surface area contributed by atoms with Gasteiger partial charge in [-0.15, -0.1) is 0 Å². The predicted octanol–water partition coefficient (Wildman–Crippen LogP) is 1.17. The van der Waals surface area contributed by atoms with E-state index in [0.717, 1.165) is 11.3 Å². The van der Waals surface area contributed by atoms with E-state index in [9.17, 15) is 0 Å². The molecule has 0 aliphatic rings. The van der Waals surface area contributed by atoms with Gasteiger partial charge in [0.25, 0.3) is 0 Å². The third kappa shape index (κ3) is 1.49. The maximum Gasteiger partial charge on any atom is 0.147 e.